The van der Waals surface area contributed by atoms with E-state index >= 15 is 0 Å². The van der Waals surface area contributed by atoms with E-state index in [9.17, 15) is 13.2 Å². The van der Waals surface area contributed by atoms with Gasteiger partial charge in [-0.2, -0.15) is 0 Å². The standard InChI is InChI=1S/C25H26N2O5S/c1-17-6-10-21(11-7-17)33(29,30)27-14-4-5-18-15-19(8-12-22(18)27)25(28)26-20-9-13-23(31-2)24(16-20)32-3/h6-13,15-16H,4-5,14H2,1-3H3,(H,26,28). The highest BCUT2D eigenvalue weighted by Crippen LogP contribution is 2.33. The van der Waals surface area contributed by atoms with Crippen LogP contribution in [-0.4, -0.2) is 35.1 Å². The van der Waals surface area contributed by atoms with Crippen LogP contribution in [0.4, 0.5) is 11.4 Å². The quantitative estimate of drug-likeness (QED) is 0.582. The molecule has 0 saturated heterocycles. The maximum Gasteiger partial charge on any atom is 0.264 e. The molecule has 3 aromatic carbocycles. The molecule has 8 heteroatoms. The molecular formula is C25H26N2O5S. The highest BCUT2D eigenvalue weighted by Gasteiger charge is 2.29. The summed E-state index contributed by atoms with van der Waals surface area (Å²) in [6.45, 7) is 2.32. The Labute approximate surface area is 194 Å². The normalized spacial score (nSPS) is 13.2. The summed E-state index contributed by atoms with van der Waals surface area (Å²) in [7, 11) is -0.603. The minimum absolute atomic E-state index is 0.260. The molecule has 0 aromatic heterocycles. The number of anilines is 2. The maximum atomic E-state index is 13.3. The van der Waals surface area contributed by atoms with Gasteiger partial charge in [0.1, 0.15) is 0 Å². The molecule has 1 heterocycles. The van der Waals surface area contributed by atoms with Crippen molar-refractivity contribution >= 4 is 27.3 Å². The van der Waals surface area contributed by atoms with Crippen LogP contribution in [0.5, 0.6) is 11.5 Å². The summed E-state index contributed by atoms with van der Waals surface area (Å²) in [5.74, 6) is 0.792. The van der Waals surface area contributed by atoms with E-state index in [2.05, 4.69) is 5.32 Å². The smallest absolute Gasteiger partial charge is 0.264 e. The minimum atomic E-state index is -3.68. The van der Waals surface area contributed by atoms with Crippen LogP contribution in [0.2, 0.25) is 0 Å². The zero-order valence-corrected chi connectivity index (χ0v) is 19.6. The lowest BCUT2D eigenvalue weighted by atomic mass is 10.0. The summed E-state index contributed by atoms with van der Waals surface area (Å²) in [6, 6.07) is 17.1. The van der Waals surface area contributed by atoms with Crippen molar-refractivity contribution in [3.8, 4) is 11.5 Å². The minimum Gasteiger partial charge on any atom is -0.493 e. The van der Waals surface area contributed by atoms with Gasteiger partial charge in [0.15, 0.2) is 11.5 Å². The van der Waals surface area contributed by atoms with Gasteiger partial charge in [-0.25, -0.2) is 8.42 Å². The molecule has 1 amide bonds. The third kappa shape index (κ3) is 4.52. The average molecular weight is 467 g/mol. The fourth-order valence-electron chi connectivity index (χ4n) is 3.91. The zero-order chi connectivity index (χ0) is 23.6. The number of carbonyl (C=O) groups excluding carboxylic acids is 1. The molecule has 0 bridgehead atoms. The number of sulfonamides is 1. The first kappa shape index (κ1) is 22.7. The van der Waals surface area contributed by atoms with Gasteiger partial charge in [0, 0.05) is 23.9 Å². The van der Waals surface area contributed by atoms with Crippen LogP contribution >= 0.6 is 0 Å². The van der Waals surface area contributed by atoms with Gasteiger partial charge in [-0.05, 0) is 67.8 Å². The zero-order valence-electron chi connectivity index (χ0n) is 18.8. The molecule has 0 unspecified atom stereocenters. The Bertz CT molecular complexity index is 1290. The predicted octanol–water partition coefficient (Wildman–Crippen LogP) is 4.41. The lowest BCUT2D eigenvalue weighted by molar-refractivity contribution is 0.102. The van der Waals surface area contributed by atoms with Crippen LogP contribution in [-0.2, 0) is 16.4 Å². The molecule has 1 aliphatic rings. The number of fused-ring (bicyclic) bond motifs is 1. The number of hydrogen-bond donors (Lipinski definition) is 1. The molecular weight excluding hydrogens is 440 g/mol. The molecule has 0 radical (unpaired) electrons. The highest BCUT2D eigenvalue weighted by molar-refractivity contribution is 7.92. The van der Waals surface area contributed by atoms with Crippen LogP contribution in [0.3, 0.4) is 0 Å². The lowest BCUT2D eigenvalue weighted by Crippen LogP contribution is -2.35. The van der Waals surface area contributed by atoms with Gasteiger partial charge in [-0.3, -0.25) is 9.10 Å². The second-order valence-corrected chi connectivity index (χ2v) is 9.72. The first-order chi connectivity index (χ1) is 15.8. The molecule has 0 fully saturated rings. The number of aryl methyl sites for hydroxylation is 2. The molecule has 33 heavy (non-hydrogen) atoms. The number of benzene rings is 3. The van der Waals surface area contributed by atoms with Crippen molar-refractivity contribution in [2.45, 2.75) is 24.7 Å². The summed E-state index contributed by atoms with van der Waals surface area (Å²) in [5.41, 5.74) is 3.47. The number of methoxy groups -OCH3 is 2. The molecule has 1 aliphatic heterocycles. The summed E-state index contributed by atoms with van der Waals surface area (Å²) >= 11 is 0. The Balaban J connectivity index is 1.59. The van der Waals surface area contributed by atoms with E-state index < -0.39 is 10.0 Å². The van der Waals surface area contributed by atoms with Crippen LogP contribution in [0, 0.1) is 6.92 Å². The second kappa shape index (κ2) is 9.15. The van der Waals surface area contributed by atoms with Crippen molar-refractivity contribution in [3.63, 3.8) is 0 Å². The summed E-state index contributed by atoms with van der Waals surface area (Å²) in [5, 5.41) is 2.86. The topological polar surface area (TPSA) is 84.9 Å². The fraction of sp³-hybridized carbons (Fsp3) is 0.240. The Morgan fingerprint density at radius 3 is 2.36 bits per heavy atom. The summed E-state index contributed by atoms with van der Waals surface area (Å²) < 4.78 is 38.5. The third-order valence-corrected chi connectivity index (χ3v) is 7.50. The number of amides is 1. The van der Waals surface area contributed by atoms with Gasteiger partial charge in [-0.15, -0.1) is 0 Å². The Hall–Kier alpha value is -3.52. The molecule has 172 valence electrons. The van der Waals surface area contributed by atoms with Crippen molar-refractivity contribution in [3.05, 3.63) is 77.4 Å². The van der Waals surface area contributed by atoms with Crippen LogP contribution < -0.4 is 19.1 Å². The maximum absolute atomic E-state index is 13.3. The molecule has 3 aromatic rings. The predicted molar refractivity (Wildman–Crippen MR) is 128 cm³/mol. The fourth-order valence-corrected chi connectivity index (χ4v) is 5.45. The summed E-state index contributed by atoms with van der Waals surface area (Å²) in [6.07, 6.45) is 1.38. The molecule has 1 N–H and O–H groups in total. The van der Waals surface area contributed by atoms with Crippen LogP contribution in [0.15, 0.2) is 65.6 Å². The van der Waals surface area contributed by atoms with Crippen LogP contribution in [0.25, 0.3) is 0 Å². The molecule has 0 spiro atoms. The Kier molecular flexibility index (Phi) is 6.29. The summed E-state index contributed by atoms with van der Waals surface area (Å²) in [4.78, 5) is 13.1. The molecule has 0 atom stereocenters. The SMILES string of the molecule is COc1ccc(NC(=O)c2ccc3c(c2)CCCN3S(=O)(=O)c2ccc(C)cc2)cc1OC. The Morgan fingerprint density at radius 1 is 0.939 bits per heavy atom. The van der Waals surface area contributed by atoms with Crippen molar-refractivity contribution in [2.75, 3.05) is 30.4 Å². The first-order valence-corrected chi connectivity index (χ1v) is 12.0. The van der Waals surface area contributed by atoms with Gasteiger partial charge in [0.2, 0.25) is 0 Å². The largest absolute Gasteiger partial charge is 0.493 e. The second-order valence-electron chi connectivity index (χ2n) is 7.86. The van der Waals surface area contributed by atoms with E-state index in [4.69, 9.17) is 9.47 Å². The number of nitrogens with zero attached hydrogens (tertiary/aromatic N) is 1. The number of hydrogen-bond acceptors (Lipinski definition) is 5. The van der Waals surface area contributed by atoms with Gasteiger partial charge in [0.05, 0.1) is 24.8 Å². The molecule has 4 rings (SSSR count). The Morgan fingerprint density at radius 2 is 1.67 bits per heavy atom. The number of carbonyl (C=O) groups is 1. The highest BCUT2D eigenvalue weighted by atomic mass is 32.2. The van der Waals surface area contributed by atoms with E-state index in [1.54, 1.807) is 67.8 Å². The van der Waals surface area contributed by atoms with Crippen LogP contribution in [0.1, 0.15) is 27.9 Å². The van der Waals surface area contributed by atoms with E-state index in [0.29, 0.717) is 47.8 Å². The van der Waals surface area contributed by atoms with Crippen molar-refractivity contribution in [1.82, 2.24) is 0 Å². The lowest BCUT2D eigenvalue weighted by Gasteiger charge is -2.30. The van der Waals surface area contributed by atoms with Gasteiger partial charge >= 0.3 is 0 Å². The van der Waals surface area contributed by atoms with Crippen molar-refractivity contribution in [1.29, 1.82) is 0 Å². The average Bonchev–Trinajstić information content (AvgIpc) is 2.83. The van der Waals surface area contributed by atoms with E-state index in [1.165, 1.54) is 11.4 Å². The van der Waals surface area contributed by atoms with Gasteiger partial charge < -0.3 is 14.8 Å². The first-order valence-electron chi connectivity index (χ1n) is 10.6. The monoisotopic (exact) mass is 466 g/mol. The van der Waals surface area contributed by atoms with Gasteiger partial charge in [-0.1, -0.05) is 17.7 Å². The number of rotatable bonds is 6. The van der Waals surface area contributed by atoms with Crippen molar-refractivity contribution in [2.24, 2.45) is 0 Å². The molecule has 0 aliphatic carbocycles. The number of nitrogens with one attached hydrogen (secondary N) is 1. The number of ether oxygens (including phenoxy) is 2. The molecule has 0 saturated carbocycles. The molecule has 7 nitrogen and oxygen atoms in total. The van der Waals surface area contributed by atoms with Crippen molar-refractivity contribution < 1.29 is 22.7 Å². The van der Waals surface area contributed by atoms with Gasteiger partial charge in [0.25, 0.3) is 15.9 Å². The third-order valence-electron chi connectivity index (χ3n) is 5.67. The van der Waals surface area contributed by atoms with E-state index in [0.717, 1.165) is 11.1 Å². The van der Waals surface area contributed by atoms with E-state index in [-0.39, 0.29) is 10.8 Å². The van der Waals surface area contributed by atoms with E-state index in [1.807, 2.05) is 6.92 Å².